The molecule has 4 heterocycles. The highest BCUT2D eigenvalue weighted by Crippen LogP contribution is 2.33. The smallest absolute Gasteiger partial charge is 0.253 e. The zero-order valence-electron chi connectivity index (χ0n) is 19.1. The first-order chi connectivity index (χ1) is 16.0. The number of carbonyl (C=O) groups excluding carboxylic acids is 1. The Labute approximate surface area is 193 Å². The van der Waals surface area contributed by atoms with Crippen LogP contribution in [0.2, 0.25) is 0 Å². The van der Waals surface area contributed by atoms with E-state index in [9.17, 15) is 4.79 Å². The molecule has 1 atom stereocenters. The van der Waals surface area contributed by atoms with Crippen molar-refractivity contribution in [1.29, 1.82) is 0 Å². The van der Waals surface area contributed by atoms with Crippen LogP contribution >= 0.6 is 0 Å². The van der Waals surface area contributed by atoms with Gasteiger partial charge in [-0.15, -0.1) is 0 Å². The van der Waals surface area contributed by atoms with Crippen molar-refractivity contribution in [3.8, 4) is 11.1 Å². The summed E-state index contributed by atoms with van der Waals surface area (Å²) >= 11 is 0. The Morgan fingerprint density at radius 3 is 2.52 bits per heavy atom. The fourth-order valence-electron chi connectivity index (χ4n) is 4.48. The lowest BCUT2D eigenvalue weighted by atomic mass is 9.89. The molecular weight excluding hydrogens is 412 g/mol. The first-order valence-electron chi connectivity index (χ1n) is 11.3. The van der Waals surface area contributed by atoms with E-state index in [4.69, 9.17) is 4.98 Å². The van der Waals surface area contributed by atoms with E-state index in [1.54, 1.807) is 12.4 Å². The van der Waals surface area contributed by atoms with Crippen molar-refractivity contribution >= 4 is 16.9 Å². The number of aromatic nitrogens is 5. The third-order valence-corrected chi connectivity index (χ3v) is 6.35. The number of pyridine rings is 1. The normalized spacial score (nSPS) is 16.2. The minimum atomic E-state index is 0.0258. The molecule has 4 aromatic rings. The number of carbonyl (C=O) groups is 1. The Kier molecular flexibility index (Phi) is 5.54. The van der Waals surface area contributed by atoms with Crippen molar-refractivity contribution in [3.05, 3.63) is 77.4 Å². The summed E-state index contributed by atoms with van der Waals surface area (Å²) in [5, 5.41) is 0. The predicted molar refractivity (Wildman–Crippen MR) is 127 cm³/mol. The molecule has 0 aliphatic carbocycles. The van der Waals surface area contributed by atoms with Crippen LogP contribution in [0.1, 0.15) is 52.0 Å². The van der Waals surface area contributed by atoms with E-state index in [0.717, 1.165) is 64.5 Å². The van der Waals surface area contributed by atoms with Gasteiger partial charge in [0, 0.05) is 48.7 Å². The van der Waals surface area contributed by atoms with E-state index >= 15 is 0 Å². The van der Waals surface area contributed by atoms with Crippen molar-refractivity contribution in [1.82, 2.24) is 29.8 Å². The fraction of sp³-hybridized carbons (Fsp3) is 0.308. The zero-order valence-corrected chi connectivity index (χ0v) is 19.1. The van der Waals surface area contributed by atoms with Gasteiger partial charge in [-0.3, -0.25) is 9.78 Å². The molecule has 1 amide bonds. The number of nitrogens with zero attached hydrogens (tertiary/aromatic N) is 6. The number of aryl methyl sites for hydroxylation is 3. The lowest BCUT2D eigenvalue weighted by Gasteiger charge is -2.33. The molecule has 1 unspecified atom stereocenters. The van der Waals surface area contributed by atoms with Gasteiger partial charge in [0.1, 0.15) is 5.82 Å². The number of piperidine rings is 1. The number of hydrogen-bond acceptors (Lipinski definition) is 6. The summed E-state index contributed by atoms with van der Waals surface area (Å²) < 4.78 is 0. The van der Waals surface area contributed by atoms with Crippen molar-refractivity contribution in [2.24, 2.45) is 0 Å². The third kappa shape index (κ3) is 4.18. The predicted octanol–water partition coefficient (Wildman–Crippen LogP) is 4.43. The quantitative estimate of drug-likeness (QED) is 0.471. The van der Waals surface area contributed by atoms with Gasteiger partial charge in [0.2, 0.25) is 0 Å². The molecule has 166 valence electrons. The lowest BCUT2D eigenvalue weighted by molar-refractivity contribution is 0.0706. The summed E-state index contributed by atoms with van der Waals surface area (Å²) in [5.74, 6) is 0.917. The molecule has 0 bridgehead atoms. The van der Waals surface area contributed by atoms with E-state index in [-0.39, 0.29) is 11.8 Å². The van der Waals surface area contributed by atoms with E-state index in [1.807, 2.05) is 62.2 Å². The molecule has 5 rings (SSSR count). The highest BCUT2D eigenvalue weighted by Gasteiger charge is 2.28. The average Bonchev–Trinajstić information content (AvgIpc) is 2.84. The van der Waals surface area contributed by atoms with E-state index in [1.165, 1.54) is 0 Å². The largest absolute Gasteiger partial charge is 0.338 e. The molecule has 0 N–H and O–H groups in total. The molecule has 0 saturated carbocycles. The second-order valence-electron chi connectivity index (χ2n) is 8.64. The number of hydrogen-bond donors (Lipinski definition) is 0. The Hall–Kier alpha value is -3.74. The monoisotopic (exact) mass is 438 g/mol. The van der Waals surface area contributed by atoms with Gasteiger partial charge in [-0.25, -0.2) is 19.9 Å². The van der Waals surface area contributed by atoms with Crippen molar-refractivity contribution < 1.29 is 4.79 Å². The Bertz CT molecular complexity index is 1340. The van der Waals surface area contributed by atoms with Gasteiger partial charge in [-0.05, 0) is 69.5 Å². The maximum atomic E-state index is 13.4. The summed E-state index contributed by atoms with van der Waals surface area (Å²) in [6, 6.07) is 9.55. The van der Waals surface area contributed by atoms with Gasteiger partial charge in [-0.2, -0.15) is 0 Å². The van der Waals surface area contributed by atoms with Crippen LogP contribution in [0, 0.1) is 20.8 Å². The molecule has 0 radical (unpaired) electrons. The highest BCUT2D eigenvalue weighted by molar-refractivity contribution is 5.97. The average molecular weight is 439 g/mol. The standard InChI is InChI=1S/C26H26N6O/c1-16-17(2)30-24-13-20(6-7-23(24)29-16)26(33)32-12-4-5-21(15-32)25-22(14-28-18(3)31-25)19-8-10-27-11-9-19/h6-11,13-14,21H,4-5,12,15H2,1-3H3. The molecule has 1 saturated heterocycles. The third-order valence-electron chi connectivity index (χ3n) is 6.35. The summed E-state index contributed by atoms with van der Waals surface area (Å²) in [6.45, 7) is 7.16. The first kappa shape index (κ1) is 21.1. The summed E-state index contributed by atoms with van der Waals surface area (Å²) in [7, 11) is 0. The van der Waals surface area contributed by atoms with Gasteiger partial charge in [0.05, 0.1) is 28.1 Å². The Morgan fingerprint density at radius 2 is 1.73 bits per heavy atom. The maximum Gasteiger partial charge on any atom is 0.253 e. The van der Waals surface area contributed by atoms with Crippen LogP contribution in [0.15, 0.2) is 48.9 Å². The second-order valence-corrected chi connectivity index (χ2v) is 8.64. The molecule has 3 aromatic heterocycles. The second kappa shape index (κ2) is 8.65. The van der Waals surface area contributed by atoms with Crippen molar-refractivity contribution in [2.75, 3.05) is 13.1 Å². The number of likely N-dealkylation sites (tertiary alicyclic amines) is 1. The van der Waals surface area contributed by atoms with Gasteiger partial charge in [0.25, 0.3) is 5.91 Å². The van der Waals surface area contributed by atoms with Crippen molar-refractivity contribution in [2.45, 2.75) is 39.5 Å². The number of rotatable bonds is 3. The van der Waals surface area contributed by atoms with Crippen LogP contribution in [-0.4, -0.2) is 48.8 Å². The zero-order chi connectivity index (χ0) is 22.9. The van der Waals surface area contributed by atoms with Crippen LogP contribution in [0.4, 0.5) is 0 Å². The van der Waals surface area contributed by atoms with Crippen LogP contribution in [0.25, 0.3) is 22.2 Å². The maximum absolute atomic E-state index is 13.4. The van der Waals surface area contributed by atoms with E-state index in [2.05, 4.69) is 19.9 Å². The summed E-state index contributed by atoms with van der Waals surface area (Å²) in [4.78, 5) is 37.9. The summed E-state index contributed by atoms with van der Waals surface area (Å²) in [5.41, 5.74) is 7.05. The van der Waals surface area contributed by atoms with Crippen LogP contribution in [-0.2, 0) is 0 Å². The Balaban J connectivity index is 1.44. The fourth-order valence-corrected chi connectivity index (χ4v) is 4.48. The minimum Gasteiger partial charge on any atom is -0.338 e. The molecule has 33 heavy (non-hydrogen) atoms. The number of benzene rings is 1. The highest BCUT2D eigenvalue weighted by atomic mass is 16.2. The van der Waals surface area contributed by atoms with Gasteiger partial charge < -0.3 is 4.90 Å². The topological polar surface area (TPSA) is 84.8 Å². The first-order valence-corrected chi connectivity index (χ1v) is 11.3. The summed E-state index contributed by atoms with van der Waals surface area (Å²) in [6.07, 6.45) is 7.37. The van der Waals surface area contributed by atoms with E-state index < -0.39 is 0 Å². The van der Waals surface area contributed by atoms with Crippen molar-refractivity contribution in [3.63, 3.8) is 0 Å². The van der Waals surface area contributed by atoms with Crippen LogP contribution in [0.3, 0.4) is 0 Å². The molecule has 1 aliphatic rings. The van der Waals surface area contributed by atoms with Gasteiger partial charge >= 0.3 is 0 Å². The Morgan fingerprint density at radius 1 is 0.970 bits per heavy atom. The number of amides is 1. The van der Waals surface area contributed by atoms with Gasteiger partial charge in [0.15, 0.2) is 0 Å². The molecule has 1 aromatic carbocycles. The molecular formula is C26H26N6O. The van der Waals surface area contributed by atoms with Crippen LogP contribution < -0.4 is 0 Å². The molecule has 0 spiro atoms. The molecule has 7 heteroatoms. The van der Waals surface area contributed by atoms with E-state index in [0.29, 0.717) is 12.1 Å². The number of fused-ring (bicyclic) bond motifs is 1. The van der Waals surface area contributed by atoms with Gasteiger partial charge in [-0.1, -0.05) is 0 Å². The SMILES string of the molecule is Cc1ncc(-c2ccncc2)c(C2CCCN(C(=O)c3ccc4nc(C)c(C)nc4c3)C2)n1. The van der Waals surface area contributed by atoms with Crippen LogP contribution in [0.5, 0.6) is 0 Å². The molecule has 1 aliphatic heterocycles. The molecule has 1 fully saturated rings. The minimum absolute atomic E-state index is 0.0258. The lowest BCUT2D eigenvalue weighted by Crippen LogP contribution is -2.39. The molecule has 7 nitrogen and oxygen atoms in total.